The molecule has 3 fully saturated rings. The van der Waals surface area contributed by atoms with E-state index in [1.54, 1.807) is 19.9 Å². The SMILES string of the molecule is C=C1C[C@H]2[C@@H]3CCC4=CC(=O)C=C[C@]4(C)[C@@]3(F)[C@@H](O)C[C@]2(C)[C@@]1(O)C(C)=O. The zero-order valence-corrected chi connectivity index (χ0v) is 16.1. The van der Waals surface area contributed by atoms with E-state index in [-0.39, 0.29) is 18.1 Å². The number of carbonyl (C=O) groups is 2. The Bertz CT molecular complexity index is 828. The predicted molar refractivity (Wildman–Crippen MR) is 98.5 cm³/mol. The van der Waals surface area contributed by atoms with Crippen LogP contribution in [-0.2, 0) is 9.59 Å². The fourth-order valence-electron chi connectivity index (χ4n) is 6.82. The van der Waals surface area contributed by atoms with E-state index in [4.69, 9.17) is 0 Å². The average molecular weight is 374 g/mol. The van der Waals surface area contributed by atoms with Crippen molar-refractivity contribution in [2.24, 2.45) is 22.7 Å². The lowest BCUT2D eigenvalue weighted by Crippen LogP contribution is -2.68. The first-order valence-electron chi connectivity index (χ1n) is 9.66. The van der Waals surface area contributed by atoms with E-state index in [2.05, 4.69) is 6.58 Å². The third-order valence-corrected chi connectivity index (χ3v) is 8.35. The van der Waals surface area contributed by atoms with E-state index in [0.717, 1.165) is 5.57 Å². The second kappa shape index (κ2) is 5.26. The molecule has 0 aromatic heterocycles. The minimum absolute atomic E-state index is 0.0234. The number of ketones is 2. The number of allylic oxidation sites excluding steroid dienone is 4. The summed E-state index contributed by atoms with van der Waals surface area (Å²) in [6, 6.07) is 0. The normalized spacial score (nSPS) is 51.3. The highest BCUT2D eigenvalue weighted by Gasteiger charge is 2.74. The highest BCUT2D eigenvalue weighted by molar-refractivity contribution is 6.01. The van der Waals surface area contributed by atoms with Gasteiger partial charge in [0, 0.05) is 16.7 Å². The summed E-state index contributed by atoms with van der Waals surface area (Å²) in [4.78, 5) is 24.2. The van der Waals surface area contributed by atoms with E-state index in [1.807, 2.05) is 0 Å². The second-order valence-corrected chi connectivity index (χ2v) is 9.34. The van der Waals surface area contributed by atoms with Gasteiger partial charge >= 0.3 is 0 Å². The van der Waals surface area contributed by atoms with E-state index >= 15 is 4.39 Å². The van der Waals surface area contributed by atoms with Crippen LogP contribution in [0.3, 0.4) is 0 Å². The largest absolute Gasteiger partial charge is 0.390 e. The van der Waals surface area contributed by atoms with Crippen molar-refractivity contribution in [3.8, 4) is 0 Å². The molecular formula is C22H27FO4. The molecule has 0 aromatic rings. The topological polar surface area (TPSA) is 74.6 Å². The van der Waals surface area contributed by atoms with Crippen molar-refractivity contribution in [2.45, 2.75) is 63.8 Å². The number of Topliss-reactive ketones (excluding diaryl/α,β-unsaturated/α-hetero) is 1. The second-order valence-electron chi connectivity index (χ2n) is 9.34. The molecular weight excluding hydrogens is 347 g/mol. The van der Waals surface area contributed by atoms with Gasteiger partial charge in [-0.15, -0.1) is 0 Å². The monoisotopic (exact) mass is 374 g/mol. The summed E-state index contributed by atoms with van der Waals surface area (Å²) in [6.07, 6.45) is 4.50. The number of aliphatic hydroxyl groups is 2. The van der Waals surface area contributed by atoms with E-state index in [0.29, 0.717) is 24.8 Å². The Morgan fingerprint density at radius 2 is 2.00 bits per heavy atom. The number of fused-ring (bicyclic) bond motifs is 5. The van der Waals surface area contributed by atoms with Crippen LogP contribution < -0.4 is 0 Å². The standard InChI is InChI=1S/C22H27FO4/c1-12-9-17-16-6-5-14-10-15(25)7-8-19(14,3)21(16,23)18(26)11-20(17,4)22(12,27)13(2)24/h7-8,10,16-18,26-27H,1,5-6,9,11H2,2-4H3/t16-,17-,18-,19-,20-,21-,22-/m0/s1. The van der Waals surface area contributed by atoms with Crippen LogP contribution in [0.5, 0.6) is 0 Å². The van der Waals surface area contributed by atoms with Gasteiger partial charge in [0.15, 0.2) is 17.2 Å². The molecule has 4 aliphatic rings. The number of alkyl halides is 1. The maximum absolute atomic E-state index is 16.8. The van der Waals surface area contributed by atoms with Crippen LogP contribution in [0.25, 0.3) is 0 Å². The molecule has 4 rings (SSSR count). The third-order valence-electron chi connectivity index (χ3n) is 8.35. The molecule has 4 nitrogen and oxygen atoms in total. The molecule has 0 spiro atoms. The summed E-state index contributed by atoms with van der Waals surface area (Å²) in [7, 11) is 0. The highest BCUT2D eigenvalue weighted by atomic mass is 19.1. The van der Waals surface area contributed by atoms with Crippen molar-refractivity contribution >= 4 is 11.6 Å². The first-order chi connectivity index (χ1) is 12.4. The lowest BCUT2D eigenvalue weighted by molar-refractivity contribution is -0.214. The Labute approximate surface area is 158 Å². The van der Waals surface area contributed by atoms with Crippen molar-refractivity contribution in [3.05, 3.63) is 36.0 Å². The van der Waals surface area contributed by atoms with Crippen LogP contribution in [0.4, 0.5) is 4.39 Å². The molecule has 7 atom stereocenters. The number of halogens is 1. The summed E-state index contributed by atoms with van der Waals surface area (Å²) >= 11 is 0. The molecule has 146 valence electrons. The van der Waals surface area contributed by atoms with E-state index in [1.165, 1.54) is 19.1 Å². The predicted octanol–water partition coefficient (Wildman–Crippen LogP) is 2.84. The van der Waals surface area contributed by atoms with Gasteiger partial charge in [-0.3, -0.25) is 9.59 Å². The van der Waals surface area contributed by atoms with E-state index in [9.17, 15) is 19.8 Å². The van der Waals surface area contributed by atoms with Gasteiger partial charge in [-0.2, -0.15) is 0 Å². The molecule has 2 N–H and O–H groups in total. The highest BCUT2D eigenvalue weighted by Crippen LogP contribution is 2.70. The van der Waals surface area contributed by atoms with Gasteiger partial charge in [-0.05, 0) is 63.2 Å². The van der Waals surface area contributed by atoms with Gasteiger partial charge in [0.1, 0.15) is 5.60 Å². The van der Waals surface area contributed by atoms with Gasteiger partial charge in [0.2, 0.25) is 0 Å². The van der Waals surface area contributed by atoms with Crippen LogP contribution in [0.2, 0.25) is 0 Å². The molecule has 0 aliphatic heterocycles. The number of hydrogen-bond donors (Lipinski definition) is 2. The van der Waals surface area contributed by atoms with Crippen molar-refractivity contribution < 1.29 is 24.2 Å². The van der Waals surface area contributed by atoms with Gasteiger partial charge < -0.3 is 10.2 Å². The van der Waals surface area contributed by atoms with Crippen LogP contribution in [-0.4, -0.2) is 39.2 Å². The Balaban J connectivity index is 1.86. The molecule has 3 saturated carbocycles. The Morgan fingerprint density at radius 3 is 2.63 bits per heavy atom. The summed E-state index contributed by atoms with van der Waals surface area (Å²) < 4.78 is 16.8. The molecule has 4 aliphatic carbocycles. The molecule has 0 bridgehead atoms. The lowest BCUT2D eigenvalue weighted by atomic mass is 9.44. The van der Waals surface area contributed by atoms with Crippen LogP contribution in [0, 0.1) is 22.7 Å². The number of aliphatic hydroxyl groups excluding tert-OH is 1. The van der Waals surface area contributed by atoms with Gasteiger partial charge in [-0.25, -0.2) is 4.39 Å². The molecule has 0 radical (unpaired) electrons. The zero-order chi connectivity index (χ0) is 20.0. The summed E-state index contributed by atoms with van der Waals surface area (Å²) in [5.74, 6) is -1.38. The van der Waals surface area contributed by atoms with Gasteiger partial charge in [0.05, 0.1) is 6.10 Å². The molecule has 0 heterocycles. The van der Waals surface area contributed by atoms with Crippen molar-refractivity contribution in [3.63, 3.8) is 0 Å². The molecule has 0 saturated heterocycles. The molecule has 0 aromatic carbocycles. The van der Waals surface area contributed by atoms with Crippen LogP contribution in [0.1, 0.15) is 46.5 Å². The molecule has 0 unspecified atom stereocenters. The van der Waals surface area contributed by atoms with E-state index < -0.39 is 39.9 Å². The lowest BCUT2D eigenvalue weighted by Gasteiger charge is -2.62. The van der Waals surface area contributed by atoms with Crippen molar-refractivity contribution in [1.29, 1.82) is 0 Å². The number of hydrogen-bond acceptors (Lipinski definition) is 4. The van der Waals surface area contributed by atoms with Crippen molar-refractivity contribution in [1.82, 2.24) is 0 Å². The first kappa shape index (κ1) is 18.8. The number of carbonyl (C=O) groups excluding carboxylic acids is 2. The van der Waals surface area contributed by atoms with Crippen molar-refractivity contribution in [2.75, 3.05) is 0 Å². The average Bonchev–Trinajstić information content (AvgIpc) is 2.79. The Hall–Kier alpha value is -1.59. The van der Waals surface area contributed by atoms with Crippen LogP contribution >= 0.6 is 0 Å². The maximum Gasteiger partial charge on any atom is 0.178 e. The van der Waals surface area contributed by atoms with Crippen LogP contribution in [0.15, 0.2) is 36.0 Å². The quantitative estimate of drug-likeness (QED) is 0.692. The fraction of sp³-hybridized carbons (Fsp3) is 0.636. The van der Waals surface area contributed by atoms with Gasteiger partial charge in [-0.1, -0.05) is 25.2 Å². The minimum atomic E-state index is -1.96. The summed E-state index contributed by atoms with van der Waals surface area (Å²) in [5.41, 5.74) is -4.59. The Kier molecular flexibility index (Phi) is 3.66. The summed E-state index contributed by atoms with van der Waals surface area (Å²) in [6.45, 7) is 8.82. The minimum Gasteiger partial charge on any atom is -0.390 e. The maximum atomic E-state index is 16.8. The molecule has 27 heavy (non-hydrogen) atoms. The number of rotatable bonds is 1. The third kappa shape index (κ3) is 1.90. The summed E-state index contributed by atoms with van der Waals surface area (Å²) in [5, 5.41) is 22.3. The van der Waals surface area contributed by atoms with Gasteiger partial charge in [0.25, 0.3) is 0 Å². The smallest absolute Gasteiger partial charge is 0.178 e. The molecule has 5 heteroatoms. The first-order valence-corrected chi connectivity index (χ1v) is 9.66. The Morgan fingerprint density at radius 1 is 1.33 bits per heavy atom. The fourth-order valence-corrected chi connectivity index (χ4v) is 6.82. The molecule has 0 amide bonds. The zero-order valence-electron chi connectivity index (χ0n) is 16.1.